The Morgan fingerprint density at radius 2 is 1.54 bits per heavy atom. The molecule has 0 bridgehead atoms. The van der Waals surface area contributed by atoms with Crippen molar-refractivity contribution in [2.24, 2.45) is 10.7 Å². The summed E-state index contributed by atoms with van der Waals surface area (Å²) in [7, 11) is -3.66. The zero-order valence-corrected chi connectivity index (χ0v) is 19.6. The van der Waals surface area contributed by atoms with Gasteiger partial charge >= 0.3 is 12.4 Å². The van der Waals surface area contributed by atoms with E-state index >= 15 is 0 Å². The van der Waals surface area contributed by atoms with Crippen molar-refractivity contribution in [2.75, 3.05) is 19.8 Å². The van der Waals surface area contributed by atoms with Crippen LogP contribution in [0, 0.1) is 0 Å². The molecule has 0 aromatic heterocycles. The first-order chi connectivity index (χ1) is 17.2. The van der Waals surface area contributed by atoms with E-state index in [2.05, 4.69) is 10.4 Å². The third-order valence-electron chi connectivity index (χ3n) is 5.66. The third kappa shape index (κ3) is 5.56. The Morgan fingerprint density at radius 3 is 2.00 bits per heavy atom. The van der Waals surface area contributed by atoms with E-state index in [4.69, 9.17) is 5.73 Å². The lowest BCUT2D eigenvalue weighted by molar-refractivity contribution is -0.143. The number of amidine groups is 1. The minimum atomic E-state index is -5.02. The number of halogens is 6. The average Bonchev–Trinajstić information content (AvgIpc) is 3.23. The van der Waals surface area contributed by atoms with E-state index in [0.717, 1.165) is 11.4 Å². The van der Waals surface area contributed by atoms with Gasteiger partial charge in [-0.1, -0.05) is 12.1 Å². The summed E-state index contributed by atoms with van der Waals surface area (Å²) in [5.74, 6) is -1.19. The number of rotatable bonds is 6. The maximum absolute atomic E-state index is 13.2. The standard InChI is InChI=1S/C22H19F6N5O3S/c23-21(24,25)15-8-14(9-16(10-15)22(26,27)28)20-30-12-32(31-20)11-18(19(29)34)13-2-4-17(5-3-13)37(35,36)33-6-1-7-33/h2-5,8-11H,1,6-7,12H2,(H2,29,34)(H,30,31)/b18-11+. The molecular weight excluding hydrogens is 528 g/mol. The molecule has 0 unspecified atom stereocenters. The van der Waals surface area contributed by atoms with Crippen molar-refractivity contribution in [1.82, 2.24) is 14.7 Å². The molecule has 2 aromatic carbocycles. The number of primary amides is 1. The van der Waals surface area contributed by atoms with Gasteiger partial charge in [0.05, 0.1) is 21.6 Å². The van der Waals surface area contributed by atoms with Crippen LogP contribution < -0.4 is 11.2 Å². The smallest absolute Gasteiger partial charge is 0.366 e. The number of hydrogen-bond donors (Lipinski definition) is 2. The fraction of sp³-hybridized carbons (Fsp3) is 0.273. The van der Waals surface area contributed by atoms with Crippen molar-refractivity contribution in [3.8, 4) is 0 Å². The highest BCUT2D eigenvalue weighted by Crippen LogP contribution is 2.36. The Hall–Kier alpha value is -3.59. The summed E-state index contributed by atoms with van der Waals surface area (Å²) in [5, 5.41) is 1.15. The summed E-state index contributed by atoms with van der Waals surface area (Å²) in [6, 6.07) is 6.41. The maximum atomic E-state index is 13.2. The van der Waals surface area contributed by atoms with E-state index in [1.807, 2.05) is 0 Å². The van der Waals surface area contributed by atoms with Crippen LogP contribution in [-0.2, 0) is 27.2 Å². The van der Waals surface area contributed by atoms with Gasteiger partial charge in [-0.2, -0.15) is 30.6 Å². The predicted octanol–water partition coefficient (Wildman–Crippen LogP) is 3.17. The molecule has 2 aliphatic heterocycles. The van der Waals surface area contributed by atoms with Crippen molar-refractivity contribution < 1.29 is 39.6 Å². The summed E-state index contributed by atoms with van der Waals surface area (Å²) in [6.07, 6.45) is -8.11. The van der Waals surface area contributed by atoms with Crippen molar-refractivity contribution in [3.05, 3.63) is 70.9 Å². The summed E-state index contributed by atoms with van der Waals surface area (Å²) >= 11 is 0. The molecule has 198 valence electrons. The molecule has 37 heavy (non-hydrogen) atoms. The van der Waals surface area contributed by atoms with Crippen LogP contribution in [0.5, 0.6) is 0 Å². The number of nitrogens with zero attached hydrogens (tertiary/aromatic N) is 3. The number of sulfonamides is 1. The van der Waals surface area contributed by atoms with Gasteiger partial charge in [0, 0.05) is 24.9 Å². The number of nitrogens with one attached hydrogen (secondary N) is 1. The first kappa shape index (κ1) is 26.5. The zero-order valence-electron chi connectivity index (χ0n) is 18.8. The largest absolute Gasteiger partial charge is 0.416 e. The number of amides is 1. The Kier molecular flexibility index (Phi) is 6.71. The number of carbonyl (C=O) groups is 1. The highest BCUT2D eigenvalue weighted by Gasteiger charge is 2.37. The monoisotopic (exact) mass is 547 g/mol. The zero-order chi connectivity index (χ0) is 27.2. The summed E-state index contributed by atoms with van der Waals surface area (Å²) in [4.78, 5) is 16.0. The van der Waals surface area contributed by atoms with E-state index in [9.17, 15) is 39.6 Å². The van der Waals surface area contributed by atoms with Gasteiger partial charge in [0.1, 0.15) is 12.5 Å². The van der Waals surface area contributed by atoms with Crippen molar-refractivity contribution in [3.63, 3.8) is 0 Å². The molecular formula is C22H19F6N5O3S. The number of carbonyl (C=O) groups excluding carboxylic acids is 1. The van der Waals surface area contributed by atoms with Crippen molar-refractivity contribution in [2.45, 2.75) is 23.7 Å². The number of hydrogen-bond acceptors (Lipinski definition) is 6. The Balaban J connectivity index is 1.58. The van der Waals surface area contributed by atoms with Gasteiger partial charge in [0.25, 0.3) is 5.91 Å². The summed E-state index contributed by atoms with van der Waals surface area (Å²) in [5.41, 5.74) is 4.69. The van der Waals surface area contributed by atoms with Crippen LogP contribution in [0.1, 0.15) is 28.7 Å². The number of hydrazine groups is 1. The average molecular weight is 547 g/mol. The second-order valence-corrected chi connectivity index (χ2v) is 10.2. The molecule has 2 aromatic rings. The highest BCUT2D eigenvalue weighted by molar-refractivity contribution is 7.89. The first-order valence-corrected chi connectivity index (χ1v) is 12.1. The number of alkyl halides is 6. The number of aliphatic imine (C=N–C) groups is 1. The molecule has 4 rings (SSSR count). The van der Waals surface area contributed by atoms with E-state index in [0.29, 0.717) is 25.2 Å². The molecule has 0 aliphatic carbocycles. The molecule has 1 saturated heterocycles. The Labute approximate surface area is 207 Å². The molecule has 15 heteroatoms. The van der Waals surface area contributed by atoms with E-state index in [1.54, 1.807) is 0 Å². The van der Waals surface area contributed by atoms with Crippen LogP contribution in [0.15, 0.2) is 58.6 Å². The van der Waals surface area contributed by atoms with Crippen LogP contribution in [-0.4, -0.2) is 49.2 Å². The molecule has 1 amide bonds. The minimum absolute atomic E-state index is 0.00766. The lowest BCUT2D eigenvalue weighted by Gasteiger charge is -2.29. The lowest BCUT2D eigenvalue weighted by Crippen LogP contribution is -2.41. The van der Waals surface area contributed by atoms with Gasteiger partial charge in [0.2, 0.25) is 10.0 Å². The minimum Gasteiger partial charge on any atom is -0.366 e. The molecule has 0 saturated carbocycles. The molecule has 0 atom stereocenters. The third-order valence-corrected chi connectivity index (χ3v) is 7.57. The van der Waals surface area contributed by atoms with Crippen LogP contribution in [0.3, 0.4) is 0 Å². The SMILES string of the molecule is NC(=O)/C(=C/N1CN=C(c2cc(C(F)(F)F)cc(C(F)(F)F)c2)N1)c1ccc(S(=O)(=O)N2CCC2)cc1. The van der Waals surface area contributed by atoms with E-state index in [-0.39, 0.29) is 34.6 Å². The first-order valence-electron chi connectivity index (χ1n) is 10.7. The van der Waals surface area contributed by atoms with Crippen molar-refractivity contribution in [1.29, 1.82) is 0 Å². The fourth-order valence-corrected chi connectivity index (χ4v) is 5.11. The van der Waals surface area contributed by atoms with E-state index < -0.39 is 45.0 Å². The molecule has 8 nitrogen and oxygen atoms in total. The van der Waals surface area contributed by atoms with E-state index in [1.165, 1.54) is 34.8 Å². The highest BCUT2D eigenvalue weighted by atomic mass is 32.2. The topological polar surface area (TPSA) is 108 Å². The van der Waals surface area contributed by atoms with Crippen LogP contribution in [0.25, 0.3) is 5.57 Å². The van der Waals surface area contributed by atoms with Crippen LogP contribution in [0.2, 0.25) is 0 Å². The number of benzene rings is 2. The fourth-order valence-electron chi connectivity index (χ4n) is 3.59. The maximum Gasteiger partial charge on any atom is 0.416 e. The second-order valence-electron chi connectivity index (χ2n) is 8.21. The molecule has 0 spiro atoms. The quantitative estimate of drug-likeness (QED) is 0.427. The number of nitrogens with two attached hydrogens (primary N) is 1. The Bertz CT molecular complexity index is 1350. The predicted molar refractivity (Wildman–Crippen MR) is 120 cm³/mol. The van der Waals surface area contributed by atoms with Gasteiger partial charge in [-0.15, -0.1) is 0 Å². The molecule has 2 heterocycles. The van der Waals surface area contributed by atoms with Gasteiger partial charge in [-0.25, -0.2) is 13.4 Å². The van der Waals surface area contributed by atoms with Gasteiger partial charge in [-0.3, -0.25) is 15.2 Å². The van der Waals surface area contributed by atoms with Crippen LogP contribution >= 0.6 is 0 Å². The Morgan fingerprint density at radius 1 is 0.973 bits per heavy atom. The summed E-state index contributed by atoms with van der Waals surface area (Å²) in [6.45, 7) is 0.566. The van der Waals surface area contributed by atoms with Gasteiger partial charge in [0.15, 0.2) is 0 Å². The molecule has 3 N–H and O–H groups in total. The molecule has 2 aliphatic rings. The van der Waals surface area contributed by atoms with Gasteiger partial charge in [-0.05, 0) is 42.3 Å². The normalized spacial score (nSPS) is 17.3. The van der Waals surface area contributed by atoms with Crippen LogP contribution in [0.4, 0.5) is 26.3 Å². The second kappa shape index (κ2) is 9.37. The van der Waals surface area contributed by atoms with Gasteiger partial charge < -0.3 is 5.73 Å². The summed E-state index contributed by atoms with van der Waals surface area (Å²) < 4.78 is 105. The molecule has 0 radical (unpaired) electrons. The lowest BCUT2D eigenvalue weighted by atomic mass is 10.0. The van der Waals surface area contributed by atoms with Crippen molar-refractivity contribution >= 4 is 27.3 Å². The molecule has 1 fully saturated rings.